The number of carbonyl (C=O) groups excluding carboxylic acids is 1. The third-order valence-electron chi connectivity index (χ3n) is 5.41. The van der Waals surface area contributed by atoms with Crippen LogP contribution >= 0.6 is 34.5 Å². The number of halogens is 2. The second-order valence-electron chi connectivity index (χ2n) is 8.27. The monoisotopic (exact) mass is 489 g/mol. The number of aromatic nitrogens is 1. The lowest BCUT2D eigenvalue weighted by molar-refractivity contribution is -0.147. The lowest BCUT2D eigenvalue weighted by atomic mass is 10.1. The summed E-state index contributed by atoms with van der Waals surface area (Å²) in [6.45, 7) is 7.35. The molecule has 0 bridgehead atoms. The third kappa shape index (κ3) is 5.62. The molecule has 0 saturated carbocycles. The summed E-state index contributed by atoms with van der Waals surface area (Å²) in [7, 11) is 0. The number of benzene rings is 2. The Morgan fingerprint density at radius 1 is 1.00 bits per heavy atom. The van der Waals surface area contributed by atoms with Crippen molar-refractivity contribution < 1.29 is 9.53 Å². The van der Waals surface area contributed by atoms with Crippen molar-refractivity contribution in [3.8, 4) is 17.0 Å². The van der Waals surface area contributed by atoms with Crippen molar-refractivity contribution in [1.29, 1.82) is 0 Å². The zero-order valence-electron chi connectivity index (χ0n) is 18.1. The van der Waals surface area contributed by atoms with Crippen molar-refractivity contribution in [2.45, 2.75) is 26.0 Å². The Labute approximate surface area is 202 Å². The number of hydrogen-bond donors (Lipinski definition) is 0. The summed E-state index contributed by atoms with van der Waals surface area (Å²) in [5.41, 5.74) is 1.09. The van der Waals surface area contributed by atoms with E-state index in [-0.39, 0.29) is 5.91 Å². The number of hydrogen-bond acceptors (Lipinski definition) is 5. The van der Waals surface area contributed by atoms with Gasteiger partial charge < -0.3 is 9.64 Å². The van der Waals surface area contributed by atoms with Gasteiger partial charge >= 0.3 is 0 Å². The maximum absolute atomic E-state index is 13.1. The first kappa shape index (κ1) is 23.1. The minimum absolute atomic E-state index is 0.00799. The number of thiazole rings is 1. The molecule has 0 unspecified atom stereocenters. The number of ether oxygens (including phenoxy) is 1. The van der Waals surface area contributed by atoms with Gasteiger partial charge in [-0.15, -0.1) is 11.3 Å². The first-order valence-electron chi connectivity index (χ1n) is 10.5. The fraction of sp³-hybridized carbons (Fsp3) is 0.333. The standard InChI is InChI=1S/C24H25Cl2N3O2S/c1-24(2,31-20-9-7-19(26)8-10-20)23(30)29-13-11-28(12-14-29)15-22-27-21(16-32-22)17-3-5-18(25)6-4-17/h3-10,16H,11-15H2,1-2H3. The van der Waals surface area contributed by atoms with Gasteiger partial charge in [-0.3, -0.25) is 9.69 Å². The minimum atomic E-state index is -0.946. The first-order valence-corrected chi connectivity index (χ1v) is 12.1. The highest BCUT2D eigenvalue weighted by Crippen LogP contribution is 2.25. The Balaban J connectivity index is 1.30. The number of nitrogens with zero attached hydrogens (tertiary/aromatic N) is 3. The van der Waals surface area contributed by atoms with Gasteiger partial charge in [-0.2, -0.15) is 0 Å². The molecule has 2 heterocycles. The highest BCUT2D eigenvalue weighted by Gasteiger charge is 2.35. The molecular weight excluding hydrogens is 465 g/mol. The zero-order valence-corrected chi connectivity index (χ0v) is 20.4. The molecular formula is C24H25Cl2N3O2S. The summed E-state index contributed by atoms with van der Waals surface area (Å²) in [6, 6.07) is 14.8. The zero-order chi connectivity index (χ0) is 22.7. The normalized spacial score (nSPS) is 15.1. The van der Waals surface area contributed by atoms with Crippen LogP contribution in [-0.4, -0.2) is 52.5 Å². The molecule has 0 N–H and O–H groups in total. The van der Waals surface area contributed by atoms with E-state index in [9.17, 15) is 4.79 Å². The van der Waals surface area contributed by atoms with Crippen molar-refractivity contribution >= 4 is 40.4 Å². The summed E-state index contributed by atoms with van der Waals surface area (Å²) < 4.78 is 5.97. The molecule has 1 saturated heterocycles. The van der Waals surface area contributed by atoms with Gasteiger partial charge in [0, 0.05) is 47.2 Å². The van der Waals surface area contributed by atoms with Crippen LogP contribution in [0.25, 0.3) is 11.3 Å². The summed E-state index contributed by atoms with van der Waals surface area (Å²) in [4.78, 5) is 22.1. The van der Waals surface area contributed by atoms with Gasteiger partial charge in [0.05, 0.1) is 12.2 Å². The molecule has 8 heteroatoms. The molecule has 1 aliphatic heterocycles. The largest absolute Gasteiger partial charge is 0.478 e. The van der Waals surface area contributed by atoms with Crippen molar-refractivity contribution in [3.63, 3.8) is 0 Å². The SMILES string of the molecule is CC(C)(Oc1ccc(Cl)cc1)C(=O)N1CCN(Cc2nc(-c3ccc(Cl)cc3)cs2)CC1. The predicted octanol–water partition coefficient (Wildman–Crippen LogP) is 5.62. The van der Waals surface area contributed by atoms with Crippen molar-refractivity contribution in [3.05, 3.63) is 69.0 Å². The number of rotatable bonds is 6. The van der Waals surface area contributed by atoms with Crippen LogP contribution in [0.1, 0.15) is 18.9 Å². The van der Waals surface area contributed by atoms with Crippen LogP contribution in [0.5, 0.6) is 5.75 Å². The van der Waals surface area contributed by atoms with E-state index in [0.29, 0.717) is 23.9 Å². The Kier molecular flexibility index (Phi) is 7.05. The van der Waals surface area contributed by atoms with Gasteiger partial charge in [0.2, 0.25) is 0 Å². The van der Waals surface area contributed by atoms with E-state index < -0.39 is 5.60 Å². The summed E-state index contributed by atoms with van der Waals surface area (Å²) >= 11 is 13.6. The Hall–Kier alpha value is -2.12. The van der Waals surface area contributed by atoms with Crippen LogP contribution in [0.15, 0.2) is 53.9 Å². The average Bonchev–Trinajstić information content (AvgIpc) is 3.24. The molecule has 1 amide bonds. The van der Waals surface area contributed by atoms with Gasteiger partial charge in [0.25, 0.3) is 5.91 Å². The predicted molar refractivity (Wildman–Crippen MR) is 131 cm³/mol. The van der Waals surface area contributed by atoms with Crippen LogP contribution in [-0.2, 0) is 11.3 Å². The van der Waals surface area contributed by atoms with Crippen LogP contribution in [0.2, 0.25) is 10.0 Å². The highest BCUT2D eigenvalue weighted by molar-refractivity contribution is 7.09. The fourth-order valence-electron chi connectivity index (χ4n) is 3.66. The maximum Gasteiger partial charge on any atom is 0.266 e. The molecule has 168 valence electrons. The van der Waals surface area contributed by atoms with E-state index in [1.54, 1.807) is 35.6 Å². The van der Waals surface area contributed by atoms with Gasteiger partial charge in [-0.05, 0) is 50.2 Å². The molecule has 3 aromatic rings. The minimum Gasteiger partial charge on any atom is -0.478 e. The molecule has 1 aliphatic rings. The highest BCUT2D eigenvalue weighted by atomic mass is 35.5. The van der Waals surface area contributed by atoms with Crippen molar-refractivity contribution in [2.75, 3.05) is 26.2 Å². The van der Waals surface area contributed by atoms with E-state index >= 15 is 0 Å². The molecule has 5 nitrogen and oxygen atoms in total. The van der Waals surface area contributed by atoms with Gasteiger partial charge in [0.15, 0.2) is 5.60 Å². The average molecular weight is 490 g/mol. The van der Waals surface area contributed by atoms with Crippen LogP contribution in [0.3, 0.4) is 0 Å². The van der Waals surface area contributed by atoms with Crippen molar-refractivity contribution in [2.24, 2.45) is 0 Å². The summed E-state index contributed by atoms with van der Waals surface area (Å²) in [6.07, 6.45) is 0. The van der Waals surface area contributed by atoms with E-state index in [1.807, 2.05) is 43.0 Å². The van der Waals surface area contributed by atoms with Gasteiger partial charge in [0.1, 0.15) is 10.8 Å². The lowest BCUT2D eigenvalue weighted by Gasteiger charge is -2.38. The van der Waals surface area contributed by atoms with Crippen molar-refractivity contribution in [1.82, 2.24) is 14.8 Å². The van der Waals surface area contributed by atoms with E-state index in [0.717, 1.165) is 40.9 Å². The molecule has 4 rings (SSSR count). The van der Waals surface area contributed by atoms with Gasteiger partial charge in [-0.1, -0.05) is 35.3 Å². The molecule has 0 spiro atoms. The quantitative estimate of drug-likeness (QED) is 0.450. The Morgan fingerprint density at radius 3 is 2.22 bits per heavy atom. The molecule has 1 fully saturated rings. The smallest absolute Gasteiger partial charge is 0.266 e. The molecule has 2 aromatic carbocycles. The van der Waals surface area contributed by atoms with Gasteiger partial charge in [-0.25, -0.2) is 4.98 Å². The summed E-state index contributed by atoms with van der Waals surface area (Å²) in [5.74, 6) is 0.623. The Morgan fingerprint density at radius 2 is 1.59 bits per heavy atom. The molecule has 0 aliphatic carbocycles. The van der Waals surface area contributed by atoms with E-state index in [2.05, 4.69) is 10.3 Å². The second kappa shape index (κ2) is 9.79. The van der Waals surface area contributed by atoms with E-state index in [1.165, 1.54) is 0 Å². The summed E-state index contributed by atoms with van der Waals surface area (Å²) in [5, 5.41) is 4.51. The van der Waals surface area contributed by atoms with Crippen LogP contribution in [0, 0.1) is 0 Å². The number of piperazine rings is 1. The Bertz CT molecular complexity index is 1060. The third-order valence-corrected chi connectivity index (χ3v) is 6.75. The number of amides is 1. The molecule has 1 aromatic heterocycles. The molecule has 0 atom stereocenters. The fourth-order valence-corrected chi connectivity index (χ4v) is 4.76. The maximum atomic E-state index is 13.1. The van der Waals surface area contributed by atoms with Crippen LogP contribution in [0.4, 0.5) is 0 Å². The van der Waals surface area contributed by atoms with Crippen LogP contribution < -0.4 is 4.74 Å². The molecule has 0 radical (unpaired) electrons. The second-order valence-corrected chi connectivity index (χ2v) is 10.1. The lowest BCUT2D eigenvalue weighted by Crippen LogP contribution is -2.55. The van der Waals surface area contributed by atoms with E-state index in [4.69, 9.17) is 32.9 Å². The first-order chi connectivity index (χ1) is 15.3. The molecule has 32 heavy (non-hydrogen) atoms. The number of carbonyl (C=O) groups is 1. The topological polar surface area (TPSA) is 45.7 Å².